The Morgan fingerprint density at radius 1 is 0.958 bits per heavy atom. The maximum atomic E-state index is 4.80. The summed E-state index contributed by atoms with van der Waals surface area (Å²) in [7, 11) is 9.59. The molecule has 2 bridgehead atoms. The van der Waals surface area contributed by atoms with Gasteiger partial charge in [-0.25, -0.2) is 4.98 Å². The topological polar surface area (TPSA) is 61.7 Å². The standard InChI is InChI=1S/C16H23N5.2ClH.Mn/c1-2-13-4-5-14-12-19-9-8-17-6-7-18-10-11-20-15(3-1)16(13)21-14;;;/h4-5,12,17-18H,1-3,6-11H2;2*1H;/q;;;+2/p-2. The number of fused-ring (bicyclic) bond motifs is 1. The first kappa shape index (κ1) is 19.8. The van der Waals surface area contributed by atoms with Crippen LogP contribution in [0.25, 0.3) is 0 Å². The fourth-order valence-corrected chi connectivity index (χ4v) is 2.74. The average Bonchev–Trinajstić information content (AvgIpc) is 2.60. The number of hydrogen-bond acceptors (Lipinski definition) is 5. The molecule has 8 heteroatoms. The minimum absolute atomic E-state index is 0.00694. The molecule has 0 saturated heterocycles. The van der Waals surface area contributed by atoms with Gasteiger partial charge in [0.1, 0.15) is 0 Å². The second-order valence-electron chi connectivity index (χ2n) is 5.52. The molecule has 2 N–H and O–H groups in total. The summed E-state index contributed by atoms with van der Waals surface area (Å²) in [6, 6.07) is 4.26. The fraction of sp³-hybridized carbons (Fsp3) is 0.562. The van der Waals surface area contributed by atoms with Crippen molar-refractivity contribution in [3.63, 3.8) is 0 Å². The number of nitrogens with one attached hydrogen (secondary N) is 2. The first-order chi connectivity index (χ1) is 11.8. The molecule has 0 unspecified atom stereocenters. The van der Waals surface area contributed by atoms with Crippen LogP contribution in [0, 0.1) is 0 Å². The molecule has 0 aromatic carbocycles. The summed E-state index contributed by atoms with van der Waals surface area (Å²) in [6.07, 6.45) is 5.22. The molecule has 1 aromatic heterocycles. The van der Waals surface area contributed by atoms with E-state index < -0.39 is 0 Å². The van der Waals surface area contributed by atoms with Gasteiger partial charge in [-0.15, -0.1) is 0 Å². The van der Waals surface area contributed by atoms with E-state index in [1.165, 1.54) is 17.7 Å². The van der Waals surface area contributed by atoms with Crippen LogP contribution in [-0.2, 0) is 19.6 Å². The predicted octanol–water partition coefficient (Wildman–Crippen LogP) is 2.20. The molecule has 0 fully saturated rings. The number of hydrogen-bond donors (Lipinski definition) is 2. The van der Waals surface area contributed by atoms with E-state index in [-0.39, 0.29) is 13.1 Å². The number of nitrogens with zero attached hydrogens (tertiary/aromatic N) is 3. The number of rotatable bonds is 0. The van der Waals surface area contributed by atoms with Crippen LogP contribution >= 0.6 is 20.2 Å². The molecule has 2 aliphatic rings. The number of aromatic nitrogens is 1. The summed E-state index contributed by atoms with van der Waals surface area (Å²) >= 11 is 0.00694. The molecule has 133 valence electrons. The van der Waals surface area contributed by atoms with Gasteiger partial charge in [0.25, 0.3) is 0 Å². The van der Waals surface area contributed by atoms with Crippen LogP contribution in [0.2, 0.25) is 0 Å². The van der Waals surface area contributed by atoms with Crippen LogP contribution in [0.15, 0.2) is 22.1 Å². The van der Waals surface area contributed by atoms with Crippen molar-refractivity contribution in [1.29, 1.82) is 0 Å². The van der Waals surface area contributed by atoms with E-state index in [2.05, 4.69) is 27.8 Å². The summed E-state index contributed by atoms with van der Waals surface area (Å²) in [5, 5.41) is 6.78. The van der Waals surface area contributed by atoms with Crippen molar-refractivity contribution in [2.75, 3.05) is 39.3 Å². The SMILES string of the molecule is C1=NCCNCCNCCN=C2CCCc3ccc1nc32.[Cl][Mn][Cl]. The molecule has 0 radical (unpaired) electrons. The van der Waals surface area contributed by atoms with Crippen molar-refractivity contribution in [1.82, 2.24) is 15.6 Å². The number of aryl methyl sites for hydroxylation is 1. The summed E-state index contributed by atoms with van der Waals surface area (Å²) in [4.78, 5) is 14.0. The van der Waals surface area contributed by atoms with E-state index in [0.29, 0.717) is 0 Å². The van der Waals surface area contributed by atoms with Crippen LogP contribution in [0.5, 0.6) is 0 Å². The monoisotopic (exact) mass is 410 g/mol. The second-order valence-corrected chi connectivity index (χ2v) is 7.46. The molecule has 1 aromatic rings. The van der Waals surface area contributed by atoms with Crippen LogP contribution in [-0.4, -0.2) is 56.2 Å². The Hall–Kier alpha value is -0.491. The summed E-state index contributed by atoms with van der Waals surface area (Å²) in [6.45, 7) is 5.41. The zero-order valence-electron chi connectivity index (χ0n) is 13.6. The van der Waals surface area contributed by atoms with Crippen molar-refractivity contribution < 1.29 is 13.1 Å². The molecule has 0 amide bonds. The summed E-state index contributed by atoms with van der Waals surface area (Å²) in [5.74, 6) is 0. The normalized spacial score (nSPS) is 18.5. The van der Waals surface area contributed by atoms with E-state index >= 15 is 0 Å². The third-order valence-corrected chi connectivity index (χ3v) is 3.84. The van der Waals surface area contributed by atoms with Gasteiger partial charge in [0, 0.05) is 32.4 Å². The van der Waals surface area contributed by atoms with Gasteiger partial charge < -0.3 is 10.6 Å². The Morgan fingerprint density at radius 3 is 2.50 bits per heavy atom. The molecule has 1 aliphatic carbocycles. The van der Waals surface area contributed by atoms with Crippen LogP contribution in [0.3, 0.4) is 0 Å². The average molecular weight is 411 g/mol. The van der Waals surface area contributed by atoms with E-state index in [4.69, 9.17) is 30.2 Å². The Labute approximate surface area is 158 Å². The molecule has 5 nitrogen and oxygen atoms in total. The third-order valence-electron chi connectivity index (χ3n) is 3.84. The number of aliphatic imine (C=N–C) groups is 2. The molecule has 0 atom stereocenters. The van der Waals surface area contributed by atoms with E-state index in [1.807, 2.05) is 6.21 Å². The van der Waals surface area contributed by atoms with Crippen LogP contribution in [0.4, 0.5) is 0 Å². The molecule has 3 rings (SSSR count). The first-order valence-corrected chi connectivity index (χ1v) is 11.4. The van der Waals surface area contributed by atoms with Gasteiger partial charge in [-0.1, -0.05) is 6.07 Å². The Kier molecular flexibility index (Phi) is 9.88. The van der Waals surface area contributed by atoms with E-state index in [9.17, 15) is 0 Å². The predicted molar refractivity (Wildman–Crippen MR) is 98.5 cm³/mol. The van der Waals surface area contributed by atoms with Gasteiger partial charge in [-0.3, -0.25) is 9.98 Å². The van der Waals surface area contributed by atoms with E-state index in [0.717, 1.165) is 63.5 Å². The van der Waals surface area contributed by atoms with Crippen molar-refractivity contribution in [2.45, 2.75) is 19.3 Å². The Bertz CT molecular complexity index is 565. The van der Waals surface area contributed by atoms with Crippen LogP contribution < -0.4 is 10.6 Å². The molecular weight excluding hydrogens is 388 g/mol. The second kappa shape index (κ2) is 12.0. The quantitative estimate of drug-likeness (QED) is 0.644. The third kappa shape index (κ3) is 6.79. The minimum atomic E-state index is 0.00694. The molecule has 24 heavy (non-hydrogen) atoms. The fourth-order valence-electron chi connectivity index (χ4n) is 2.74. The maximum absolute atomic E-state index is 4.80. The van der Waals surface area contributed by atoms with Crippen LogP contribution in [0.1, 0.15) is 29.8 Å². The molecule has 0 saturated carbocycles. The van der Waals surface area contributed by atoms with Gasteiger partial charge in [0.2, 0.25) is 0 Å². The molecule has 2 heterocycles. The molecule has 0 spiro atoms. The van der Waals surface area contributed by atoms with Gasteiger partial charge in [-0.05, 0) is 30.9 Å². The Balaban J connectivity index is 0.000000647. The van der Waals surface area contributed by atoms with Gasteiger partial charge >= 0.3 is 33.3 Å². The first-order valence-electron chi connectivity index (χ1n) is 8.17. The van der Waals surface area contributed by atoms with E-state index in [1.54, 1.807) is 0 Å². The van der Waals surface area contributed by atoms with Crippen molar-refractivity contribution >= 4 is 32.1 Å². The van der Waals surface area contributed by atoms with Crippen molar-refractivity contribution in [2.24, 2.45) is 9.98 Å². The van der Waals surface area contributed by atoms with Gasteiger partial charge in [0.15, 0.2) is 0 Å². The zero-order valence-corrected chi connectivity index (χ0v) is 16.3. The number of pyridine rings is 1. The molecule has 1 aliphatic heterocycles. The van der Waals surface area contributed by atoms with Gasteiger partial charge in [-0.2, -0.15) is 0 Å². The van der Waals surface area contributed by atoms with Gasteiger partial charge in [0.05, 0.1) is 30.2 Å². The zero-order chi connectivity index (χ0) is 17.0. The summed E-state index contributed by atoms with van der Waals surface area (Å²) in [5.41, 5.74) is 4.53. The van der Waals surface area contributed by atoms with Crippen molar-refractivity contribution in [3.8, 4) is 0 Å². The molecular formula is C16H23Cl2MnN5. The van der Waals surface area contributed by atoms with Crippen molar-refractivity contribution in [3.05, 3.63) is 29.1 Å². The summed E-state index contributed by atoms with van der Waals surface area (Å²) < 4.78 is 0. The number of halogens is 2. The Morgan fingerprint density at radius 2 is 1.71 bits per heavy atom.